The van der Waals surface area contributed by atoms with E-state index in [4.69, 9.17) is 5.11 Å². The SMILES string of the molecule is CN/C(=C(/C)C(=O)O)C(F)(F)F. The van der Waals surface area contributed by atoms with Gasteiger partial charge < -0.3 is 10.4 Å². The average molecular weight is 183 g/mol. The van der Waals surface area contributed by atoms with E-state index < -0.39 is 23.4 Å². The summed E-state index contributed by atoms with van der Waals surface area (Å²) in [7, 11) is 1.02. The second kappa shape index (κ2) is 3.46. The summed E-state index contributed by atoms with van der Waals surface area (Å²) in [5.41, 5.74) is -1.97. The van der Waals surface area contributed by atoms with Crippen molar-refractivity contribution in [2.24, 2.45) is 0 Å². The topological polar surface area (TPSA) is 49.3 Å². The van der Waals surface area contributed by atoms with Crippen LogP contribution in [0, 0.1) is 0 Å². The molecule has 0 amide bonds. The molecule has 0 saturated carbocycles. The van der Waals surface area contributed by atoms with E-state index in [9.17, 15) is 18.0 Å². The zero-order valence-corrected chi connectivity index (χ0v) is 6.49. The minimum absolute atomic E-state index is 0.745. The van der Waals surface area contributed by atoms with Gasteiger partial charge in [-0.05, 0) is 6.92 Å². The van der Waals surface area contributed by atoms with Crippen molar-refractivity contribution in [2.75, 3.05) is 7.05 Å². The van der Waals surface area contributed by atoms with Gasteiger partial charge in [0.05, 0.1) is 5.57 Å². The van der Waals surface area contributed by atoms with Crippen molar-refractivity contribution in [1.82, 2.24) is 5.32 Å². The third-order valence-corrected chi connectivity index (χ3v) is 1.23. The zero-order chi connectivity index (χ0) is 9.94. The number of carboxylic acids is 1. The molecule has 0 aliphatic carbocycles. The average Bonchev–Trinajstić information content (AvgIpc) is 1.85. The van der Waals surface area contributed by atoms with Gasteiger partial charge >= 0.3 is 12.1 Å². The van der Waals surface area contributed by atoms with Gasteiger partial charge in [0.2, 0.25) is 0 Å². The molecule has 0 heterocycles. The molecular weight excluding hydrogens is 175 g/mol. The first kappa shape index (κ1) is 10.8. The van der Waals surface area contributed by atoms with Gasteiger partial charge in [-0.3, -0.25) is 0 Å². The summed E-state index contributed by atoms with van der Waals surface area (Å²) in [5.74, 6) is -1.59. The normalized spacial score (nSPS) is 13.8. The van der Waals surface area contributed by atoms with Crippen molar-refractivity contribution in [3.05, 3.63) is 11.3 Å². The molecule has 0 atom stereocenters. The van der Waals surface area contributed by atoms with E-state index in [1.165, 1.54) is 0 Å². The van der Waals surface area contributed by atoms with Gasteiger partial charge in [-0.2, -0.15) is 13.2 Å². The molecule has 0 aromatic heterocycles. The maximum Gasteiger partial charge on any atom is 0.431 e. The highest BCUT2D eigenvalue weighted by Crippen LogP contribution is 2.25. The van der Waals surface area contributed by atoms with Gasteiger partial charge in [0.1, 0.15) is 5.70 Å². The maximum atomic E-state index is 11.9. The molecule has 0 rings (SSSR count). The highest BCUT2D eigenvalue weighted by molar-refractivity contribution is 5.86. The molecule has 0 unspecified atom stereocenters. The smallest absolute Gasteiger partial charge is 0.431 e. The Bertz CT molecular complexity index is 219. The molecule has 0 radical (unpaired) electrons. The van der Waals surface area contributed by atoms with E-state index in [1.54, 1.807) is 5.32 Å². The van der Waals surface area contributed by atoms with E-state index in [0.717, 1.165) is 14.0 Å². The first-order valence-corrected chi connectivity index (χ1v) is 2.99. The lowest BCUT2D eigenvalue weighted by Gasteiger charge is -2.12. The predicted octanol–water partition coefficient (Wildman–Crippen LogP) is 1.13. The summed E-state index contributed by atoms with van der Waals surface area (Å²) in [4.78, 5) is 10.1. The van der Waals surface area contributed by atoms with E-state index in [0.29, 0.717) is 0 Å². The summed E-state index contributed by atoms with van der Waals surface area (Å²) in [6, 6.07) is 0. The summed E-state index contributed by atoms with van der Waals surface area (Å²) in [6.45, 7) is 0.891. The fourth-order valence-corrected chi connectivity index (χ4v) is 0.649. The number of rotatable bonds is 2. The fourth-order valence-electron chi connectivity index (χ4n) is 0.649. The minimum Gasteiger partial charge on any atom is -0.478 e. The summed E-state index contributed by atoms with van der Waals surface area (Å²) in [5, 5.41) is 10.0. The number of nitrogens with one attached hydrogen (secondary N) is 1. The van der Waals surface area contributed by atoms with Crippen LogP contribution in [-0.4, -0.2) is 24.3 Å². The van der Waals surface area contributed by atoms with Crippen LogP contribution in [0.4, 0.5) is 13.2 Å². The van der Waals surface area contributed by atoms with Crippen molar-refractivity contribution >= 4 is 5.97 Å². The molecule has 0 aromatic rings. The highest BCUT2D eigenvalue weighted by Gasteiger charge is 2.36. The highest BCUT2D eigenvalue weighted by atomic mass is 19.4. The Hall–Kier alpha value is -1.20. The van der Waals surface area contributed by atoms with E-state index in [2.05, 4.69) is 0 Å². The molecule has 0 fully saturated rings. The van der Waals surface area contributed by atoms with Crippen LogP contribution in [-0.2, 0) is 4.79 Å². The first-order valence-electron chi connectivity index (χ1n) is 2.99. The van der Waals surface area contributed by atoms with Crippen molar-refractivity contribution in [2.45, 2.75) is 13.1 Å². The van der Waals surface area contributed by atoms with Crippen LogP contribution in [0.25, 0.3) is 0 Å². The lowest BCUT2D eigenvalue weighted by molar-refractivity contribution is -0.134. The van der Waals surface area contributed by atoms with Gasteiger partial charge in [-0.15, -0.1) is 0 Å². The quantitative estimate of drug-likeness (QED) is 0.631. The molecule has 70 valence electrons. The second-order valence-corrected chi connectivity index (χ2v) is 2.05. The molecule has 12 heavy (non-hydrogen) atoms. The largest absolute Gasteiger partial charge is 0.478 e. The lowest BCUT2D eigenvalue weighted by atomic mass is 10.2. The van der Waals surface area contributed by atoms with Crippen molar-refractivity contribution in [3.8, 4) is 0 Å². The number of aliphatic carboxylic acids is 1. The van der Waals surface area contributed by atoms with E-state index >= 15 is 0 Å². The minimum atomic E-state index is -4.64. The Balaban J connectivity index is 5.01. The van der Waals surface area contributed by atoms with Crippen LogP contribution in [0.15, 0.2) is 11.3 Å². The molecule has 6 heteroatoms. The monoisotopic (exact) mass is 183 g/mol. The summed E-state index contributed by atoms with van der Waals surface area (Å²) >= 11 is 0. The molecule has 0 saturated heterocycles. The third kappa shape index (κ3) is 2.44. The third-order valence-electron chi connectivity index (χ3n) is 1.23. The van der Waals surface area contributed by atoms with E-state index in [-0.39, 0.29) is 0 Å². The summed E-state index contributed by atoms with van der Waals surface area (Å²) in [6.07, 6.45) is -4.64. The number of hydrogen-bond donors (Lipinski definition) is 2. The Labute approximate surface area is 66.9 Å². The Morgan fingerprint density at radius 2 is 1.83 bits per heavy atom. The lowest BCUT2D eigenvalue weighted by Crippen LogP contribution is -2.26. The number of carbonyl (C=O) groups is 1. The number of halogens is 3. The van der Waals surface area contributed by atoms with Gasteiger partial charge in [-0.1, -0.05) is 0 Å². The Morgan fingerprint density at radius 3 is 1.92 bits per heavy atom. The molecule has 0 spiro atoms. The molecule has 0 aromatic carbocycles. The maximum absolute atomic E-state index is 11.9. The van der Waals surface area contributed by atoms with Crippen LogP contribution in [0.2, 0.25) is 0 Å². The van der Waals surface area contributed by atoms with Crippen LogP contribution in [0.3, 0.4) is 0 Å². The van der Waals surface area contributed by atoms with Crippen LogP contribution in [0.1, 0.15) is 6.92 Å². The Kier molecular flexibility index (Phi) is 3.12. The fraction of sp³-hybridized carbons (Fsp3) is 0.500. The van der Waals surface area contributed by atoms with E-state index in [1.807, 2.05) is 0 Å². The van der Waals surface area contributed by atoms with Crippen LogP contribution >= 0.6 is 0 Å². The van der Waals surface area contributed by atoms with Crippen molar-refractivity contribution < 1.29 is 23.1 Å². The molecular formula is C6H8F3NO2. The van der Waals surface area contributed by atoms with Crippen LogP contribution < -0.4 is 5.32 Å². The molecule has 0 aliphatic rings. The number of hydrogen-bond acceptors (Lipinski definition) is 2. The first-order chi connectivity index (χ1) is 5.30. The number of carboxylic acid groups (broad SMARTS) is 1. The number of alkyl halides is 3. The second-order valence-electron chi connectivity index (χ2n) is 2.05. The molecule has 0 aliphatic heterocycles. The molecule has 0 bridgehead atoms. The molecule has 2 N–H and O–H groups in total. The van der Waals surface area contributed by atoms with Gasteiger partial charge in [0, 0.05) is 7.05 Å². The standard InChI is InChI=1S/C6H8F3NO2/c1-3(5(11)12)4(10-2)6(7,8)9/h10H,1-2H3,(H,11,12)/b4-3-. The van der Waals surface area contributed by atoms with Gasteiger partial charge in [0.25, 0.3) is 0 Å². The molecule has 3 nitrogen and oxygen atoms in total. The summed E-state index contributed by atoms with van der Waals surface area (Å²) < 4.78 is 35.8. The predicted molar refractivity (Wildman–Crippen MR) is 35.5 cm³/mol. The number of allylic oxidation sites excluding steroid dienone is 1. The zero-order valence-electron chi connectivity index (χ0n) is 6.49. The van der Waals surface area contributed by atoms with Crippen molar-refractivity contribution in [1.29, 1.82) is 0 Å². The van der Waals surface area contributed by atoms with Gasteiger partial charge in [-0.25, -0.2) is 4.79 Å². The van der Waals surface area contributed by atoms with Crippen molar-refractivity contribution in [3.63, 3.8) is 0 Å². The van der Waals surface area contributed by atoms with Gasteiger partial charge in [0.15, 0.2) is 0 Å². The van der Waals surface area contributed by atoms with Crippen LogP contribution in [0.5, 0.6) is 0 Å². The Morgan fingerprint density at radius 1 is 1.42 bits per heavy atom.